The molecular weight excluding hydrogens is 250 g/mol. The van der Waals surface area contributed by atoms with Crippen molar-refractivity contribution >= 4 is 17.6 Å². The van der Waals surface area contributed by atoms with E-state index in [0.717, 1.165) is 24.6 Å². The molecule has 5 heteroatoms. The molecule has 0 unspecified atom stereocenters. The van der Waals surface area contributed by atoms with Gasteiger partial charge in [-0.3, -0.25) is 0 Å². The summed E-state index contributed by atoms with van der Waals surface area (Å²) in [4.78, 5) is 10.9. The van der Waals surface area contributed by atoms with E-state index in [2.05, 4.69) is 34.2 Å². The molecular formula is C15H27N5. The zero-order valence-corrected chi connectivity index (χ0v) is 12.7. The lowest BCUT2D eigenvalue weighted by molar-refractivity contribution is 0.549. The van der Waals surface area contributed by atoms with Crippen molar-refractivity contribution in [2.75, 3.05) is 29.5 Å². The number of anilines is 3. The van der Waals surface area contributed by atoms with Crippen molar-refractivity contribution in [1.82, 2.24) is 9.97 Å². The Hall–Kier alpha value is -1.52. The molecule has 0 atom stereocenters. The number of nitrogen functional groups attached to an aromatic ring is 1. The molecule has 1 aliphatic rings. The van der Waals surface area contributed by atoms with Crippen LogP contribution in [0.25, 0.3) is 0 Å². The molecule has 0 spiro atoms. The summed E-state index contributed by atoms with van der Waals surface area (Å²) in [6.45, 7) is 3.04. The van der Waals surface area contributed by atoms with Crippen molar-refractivity contribution in [1.29, 1.82) is 0 Å². The largest absolute Gasteiger partial charge is 0.370 e. The van der Waals surface area contributed by atoms with E-state index < -0.39 is 0 Å². The van der Waals surface area contributed by atoms with Gasteiger partial charge in [0.1, 0.15) is 11.6 Å². The minimum Gasteiger partial charge on any atom is -0.370 e. The SMILES string of the molecule is CCCNc1cc(N(C)C2CCCCCC2)nc(N)n1. The first-order valence-corrected chi connectivity index (χ1v) is 7.82. The first-order chi connectivity index (χ1) is 9.70. The molecule has 1 aromatic rings. The molecule has 0 amide bonds. The number of rotatable bonds is 5. The molecule has 1 aromatic heterocycles. The van der Waals surface area contributed by atoms with Gasteiger partial charge in [0.05, 0.1) is 0 Å². The third-order valence-corrected chi connectivity index (χ3v) is 4.02. The van der Waals surface area contributed by atoms with Crippen molar-refractivity contribution in [3.05, 3.63) is 6.07 Å². The van der Waals surface area contributed by atoms with Crippen LogP contribution in [0.5, 0.6) is 0 Å². The minimum atomic E-state index is 0.349. The van der Waals surface area contributed by atoms with Gasteiger partial charge in [-0.15, -0.1) is 0 Å². The number of nitrogens with two attached hydrogens (primary N) is 1. The molecule has 0 saturated heterocycles. The average Bonchev–Trinajstić information content (AvgIpc) is 2.72. The number of aromatic nitrogens is 2. The summed E-state index contributed by atoms with van der Waals surface area (Å²) in [6.07, 6.45) is 8.92. The van der Waals surface area contributed by atoms with Gasteiger partial charge in [0.15, 0.2) is 0 Å². The summed E-state index contributed by atoms with van der Waals surface area (Å²) in [5, 5.41) is 3.29. The quantitative estimate of drug-likeness (QED) is 0.810. The van der Waals surface area contributed by atoms with Crippen LogP contribution in [0.15, 0.2) is 6.07 Å². The Balaban J connectivity index is 2.11. The van der Waals surface area contributed by atoms with E-state index in [4.69, 9.17) is 5.73 Å². The van der Waals surface area contributed by atoms with Crippen molar-refractivity contribution in [2.45, 2.75) is 57.9 Å². The number of hydrogen-bond acceptors (Lipinski definition) is 5. The van der Waals surface area contributed by atoms with E-state index in [1.54, 1.807) is 0 Å². The first kappa shape index (κ1) is 14.9. The van der Waals surface area contributed by atoms with Gasteiger partial charge in [-0.05, 0) is 19.3 Å². The van der Waals surface area contributed by atoms with Crippen LogP contribution < -0.4 is 16.0 Å². The molecule has 0 radical (unpaired) electrons. The van der Waals surface area contributed by atoms with E-state index >= 15 is 0 Å². The maximum atomic E-state index is 5.84. The van der Waals surface area contributed by atoms with Crippen LogP contribution in [-0.2, 0) is 0 Å². The molecule has 1 heterocycles. The lowest BCUT2D eigenvalue weighted by Gasteiger charge is -2.28. The van der Waals surface area contributed by atoms with Crippen LogP contribution in [0.4, 0.5) is 17.6 Å². The van der Waals surface area contributed by atoms with E-state index in [1.165, 1.54) is 38.5 Å². The molecule has 2 rings (SSSR count). The zero-order chi connectivity index (χ0) is 14.4. The fraction of sp³-hybridized carbons (Fsp3) is 0.733. The lowest BCUT2D eigenvalue weighted by Crippen LogP contribution is -2.32. The van der Waals surface area contributed by atoms with Crippen LogP contribution in [0.1, 0.15) is 51.9 Å². The number of nitrogens with zero attached hydrogens (tertiary/aromatic N) is 3. The van der Waals surface area contributed by atoms with Crippen LogP contribution in [0.3, 0.4) is 0 Å². The zero-order valence-electron chi connectivity index (χ0n) is 12.7. The summed E-state index contributed by atoms with van der Waals surface area (Å²) in [5.74, 6) is 2.11. The fourth-order valence-corrected chi connectivity index (χ4v) is 2.81. The Morgan fingerprint density at radius 3 is 2.60 bits per heavy atom. The second-order valence-corrected chi connectivity index (χ2v) is 5.65. The Labute approximate surface area is 122 Å². The highest BCUT2D eigenvalue weighted by Crippen LogP contribution is 2.25. The van der Waals surface area contributed by atoms with Gasteiger partial charge < -0.3 is 16.0 Å². The monoisotopic (exact) mass is 277 g/mol. The molecule has 5 nitrogen and oxygen atoms in total. The van der Waals surface area contributed by atoms with Gasteiger partial charge in [0, 0.05) is 25.7 Å². The normalized spacial score (nSPS) is 16.7. The summed E-state index contributed by atoms with van der Waals surface area (Å²) in [5.41, 5.74) is 5.84. The predicted octanol–water partition coefficient (Wildman–Crippen LogP) is 3.04. The smallest absolute Gasteiger partial charge is 0.223 e. The maximum Gasteiger partial charge on any atom is 0.223 e. The van der Waals surface area contributed by atoms with Crippen LogP contribution in [-0.4, -0.2) is 29.6 Å². The third-order valence-electron chi connectivity index (χ3n) is 4.02. The highest BCUT2D eigenvalue weighted by molar-refractivity contribution is 5.52. The molecule has 3 N–H and O–H groups in total. The summed E-state index contributed by atoms with van der Waals surface area (Å²) >= 11 is 0. The van der Waals surface area contributed by atoms with Gasteiger partial charge in [0.25, 0.3) is 0 Å². The topological polar surface area (TPSA) is 67.1 Å². The summed E-state index contributed by atoms with van der Waals surface area (Å²) in [7, 11) is 2.13. The van der Waals surface area contributed by atoms with Crippen molar-refractivity contribution in [3.63, 3.8) is 0 Å². The molecule has 1 aliphatic carbocycles. The minimum absolute atomic E-state index is 0.349. The Morgan fingerprint density at radius 1 is 1.25 bits per heavy atom. The molecule has 112 valence electrons. The predicted molar refractivity (Wildman–Crippen MR) is 85.1 cm³/mol. The highest BCUT2D eigenvalue weighted by Gasteiger charge is 2.19. The molecule has 1 fully saturated rings. The standard InChI is InChI=1S/C15H27N5/c1-3-10-17-13-11-14(19-15(16)18-13)20(2)12-8-6-4-5-7-9-12/h11-12H,3-10H2,1-2H3,(H3,16,17,18,19). The lowest BCUT2D eigenvalue weighted by atomic mass is 10.1. The average molecular weight is 277 g/mol. The first-order valence-electron chi connectivity index (χ1n) is 7.82. The van der Waals surface area contributed by atoms with Crippen molar-refractivity contribution in [2.24, 2.45) is 0 Å². The number of hydrogen-bond donors (Lipinski definition) is 2. The molecule has 20 heavy (non-hydrogen) atoms. The Morgan fingerprint density at radius 2 is 1.95 bits per heavy atom. The van der Waals surface area contributed by atoms with E-state index in [0.29, 0.717) is 12.0 Å². The molecule has 1 saturated carbocycles. The molecule has 0 aromatic carbocycles. The van der Waals surface area contributed by atoms with Gasteiger partial charge in [-0.2, -0.15) is 9.97 Å². The van der Waals surface area contributed by atoms with E-state index in [-0.39, 0.29) is 0 Å². The third kappa shape index (κ3) is 3.99. The fourth-order valence-electron chi connectivity index (χ4n) is 2.81. The Bertz CT molecular complexity index is 413. The van der Waals surface area contributed by atoms with E-state index in [9.17, 15) is 0 Å². The van der Waals surface area contributed by atoms with Crippen molar-refractivity contribution < 1.29 is 0 Å². The van der Waals surface area contributed by atoms with Crippen molar-refractivity contribution in [3.8, 4) is 0 Å². The second kappa shape index (κ2) is 7.31. The van der Waals surface area contributed by atoms with Crippen LogP contribution in [0, 0.1) is 0 Å². The molecule has 0 bridgehead atoms. The van der Waals surface area contributed by atoms with Gasteiger partial charge >= 0.3 is 0 Å². The summed E-state index contributed by atoms with van der Waals surface area (Å²) in [6, 6.07) is 2.59. The Kier molecular flexibility index (Phi) is 5.44. The van der Waals surface area contributed by atoms with Gasteiger partial charge in [-0.25, -0.2) is 0 Å². The second-order valence-electron chi connectivity index (χ2n) is 5.65. The maximum absolute atomic E-state index is 5.84. The molecule has 0 aliphatic heterocycles. The van der Waals surface area contributed by atoms with Crippen LogP contribution in [0.2, 0.25) is 0 Å². The number of nitrogens with one attached hydrogen (secondary N) is 1. The summed E-state index contributed by atoms with van der Waals surface area (Å²) < 4.78 is 0. The van der Waals surface area contributed by atoms with Crippen LogP contribution >= 0.6 is 0 Å². The van der Waals surface area contributed by atoms with Gasteiger partial charge in [0.2, 0.25) is 5.95 Å². The van der Waals surface area contributed by atoms with E-state index in [1.807, 2.05) is 6.07 Å². The van der Waals surface area contributed by atoms with Gasteiger partial charge in [-0.1, -0.05) is 32.6 Å². The highest BCUT2D eigenvalue weighted by atomic mass is 15.2.